The van der Waals surface area contributed by atoms with Gasteiger partial charge >= 0.3 is 0 Å². The van der Waals surface area contributed by atoms with E-state index in [-0.39, 0.29) is 24.0 Å². The van der Waals surface area contributed by atoms with Crippen molar-refractivity contribution in [1.29, 1.82) is 0 Å². The number of guanidine groups is 1. The number of unbranched alkanes of at least 4 members (excludes halogenated alkanes) is 1. The molecule has 0 saturated carbocycles. The summed E-state index contributed by atoms with van der Waals surface area (Å²) in [7, 11) is 0. The topological polar surface area (TPSA) is 68.9 Å². The first kappa shape index (κ1) is 22.8. The maximum Gasteiger partial charge on any atom is 0.188 e. The van der Waals surface area contributed by atoms with Crippen LogP contribution in [0.3, 0.4) is 0 Å². The van der Waals surface area contributed by atoms with E-state index in [1.165, 1.54) is 0 Å². The Morgan fingerprint density at radius 3 is 2.33 bits per heavy atom. The fourth-order valence-electron chi connectivity index (χ4n) is 2.21. The molecule has 0 aliphatic heterocycles. The van der Waals surface area contributed by atoms with Crippen molar-refractivity contribution in [3.8, 4) is 11.5 Å². The molecule has 6 heteroatoms. The maximum absolute atomic E-state index is 5.76. The highest BCUT2D eigenvalue weighted by atomic mass is 127. The normalized spacial score (nSPS) is 10.6. The summed E-state index contributed by atoms with van der Waals surface area (Å²) in [5, 5.41) is 2.94. The number of hydrogen-bond acceptors (Lipinski definition) is 3. The van der Waals surface area contributed by atoms with Crippen LogP contribution in [0.2, 0.25) is 0 Å². The van der Waals surface area contributed by atoms with Gasteiger partial charge in [0.05, 0.1) is 6.61 Å². The molecule has 0 amide bonds. The van der Waals surface area contributed by atoms with Gasteiger partial charge in [0, 0.05) is 13.1 Å². The standard InChI is InChI=1S/C21H27N3O2.HI/c1-2-14-23-21(22)24-15-6-7-16-25-19-10-12-20(13-11-19)26-17-18-8-4-3-5-9-18;/h2-5,8-13H,1,6-7,14-17H2,(H3,22,23,24);1H. The summed E-state index contributed by atoms with van der Waals surface area (Å²) in [5.74, 6) is 2.13. The van der Waals surface area contributed by atoms with Crippen LogP contribution in [0.5, 0.6) is 11.5 Å². The van der Waals surface area contributed by atoms with Crippen LogP contribution in [-0.4, -0.2) is 25.7 Å². The van der Waals surface area contributed by atoms with Crippen molar-refractivity contribution in [2.24, 2.45) is 10.7 Å². The third-order valence-corrected chi connectivity index (χ3v) is 3.60. The molecule has 2 aromatic carbocycles. The number of benzene rings is 2. The molecule has 0 unspecified atom stereocenters. The van der Waals surface area contributed by atoms with Gasteiger partial charge < -0.3 is 20.5 Å². The van der Waals surface area contributed by atoms with Crippen LogP contribution in [0.15, 0.2) is 72.2 Å². The minimum atomic E-state index is 0. The quantitative estimate of drug-likeness (QED) is 0.167. The van der Waals surface area contributed by atoms with E-state index in [9.17, 15) is 0 Å². The molecule has 0 radical (unpaired) electrons. The molecule has 2 aromatic rings. The van der Waals surface area contributed by atoms with Crippen LogP contribution in [0, 0.1) is 0 Å². The lowest BCUT2D eigenvalue weighted by Gasteiger charge is -2.09. The molecule has 0 atom stereocenters. The van der Waals surface area contributed by atoms with Gasteiger partial charge in [-0.2, -0.15) is 0 Å². The highest BCUT2D eigenvalue weighted by molar-refractivity contribution is 14.0. The number of halogens is 1. The molecule has 3 N–H and O–H groups in total. The molecule has 0 bridgehead atoms. The Morgan fingerprint density at radius 2 is 1.67 bits per heavy atom. The van der Waals surface area contributed by atoms with Crippen molar-refractivity contribution in [3.05, 3.63) is 72.8 Å². The lowest BCUT2D eigenvalue weighted by Crippen LogP contribution is -2.31. The third kappa shape index (κ3) is 9.89. The summed E-state index contributed by atoms with van der Waals surface area (Å²) in [5.41, 5.74) is 6.84. The van der Waals surface area contributed by atoms with Gasteiger partial charge in [-0.1, -0.05) is 36.4 Å². The van der Waals surface area contributed by atoms with Crippen LogP contribution in [0.1, 0.15) is 18.4 Å². The van der Waals surface area contributed by atoms with Crippen molar-refractivity contribution < 1.29 is 9.47 Å². The van der Waals surface area contributed by atoms with Crippen molar-refractivity contribution in [1.82, 2.24) is 5.32 Å². The molecule has 2 rings (SSSR count). The minimum absolute atomic E-state index is 0. The van der Waals surface area contributed by atoms with Crippen LogP contribution < -0.4 is 20.5 Å². The highest BCUT2D eigenvalue weighted by Gasteiger charge is 1.98. The van der Waals surface area contributed by atoms with Crippen LogP contribution in [0.4, 0.5) is 0 Å². The number of nitrogens with zero attached hydrogens (tertiary/aromatic N) is 1. The van der Waals surface area contributed by atoms with Crippen molar-refractivity contribution >= 4 is 29.9 Å². The molecule has 27 heavy (non-hydrogen) atoms. The number of aliphatic imine (C=N–C) groups is 1. The second kappa shape index (κ2) is 13.9. The Labute approximate surface area is 178 Å². The molecular formula is C21H28IN3O2. The average Bonchev–Trinajstić information content (AvgIpc) is 2.69. The summed E-state index contributed by atoms with van der Waals surface area (Å²) in [6, 6.07) is 17.8. The Morgan fingerprint density at radius 1 is 1.00 bits per heavy atom. The molecule has 0 spiro atoms. The van der Waals surface area contributed by atoms with E-state index < -0.39 is 0 Å². The summed E-state index contributed by atoms with van der Waals surface area (Å²) in [6.45, 7) is 6.14. The predicted molar refractivity (Wildman–Crippen MR) is 122 cm³/mol. The van der Waals surface area contributed by atoms with Crippen LogP contribution in [-0.2, 0) is 6.61 Å². The zero-order valence-corrected chi connectivity index (χ0v) is 17.8. The predicted octanol–water partition coefficient (Wildman–Crippen LogP) is 4.13. The van der Waals surface area contributed by atoms with Gasteiger partial charge in [-0.25, -0.2) is 0 Å². The smallest absolute Gasteiger partial charge is 0.188 e. The number of ether oxygens (including phenoxy) is 2. The van der Waals surface area contributed by atoms with E-state index in [0.717, 1.165) is 29.9 Å². The highest BCUT2D eigenvalue weighted by Crippen LogP contribution is 2.19. The zero-order valence-electron chi connectivity index (χ0n) is 15.5. The van der Waals surface area contributed by atoms with Gasteiger partial charge in [-0.15, -0.1) is 30.6 Å². The molecule has 146 valence electrons. The molecule has 0 saturated heterocycles. The van der Waals surface area contributed by atoms with Gasteiger partial charge in [-0.05, 0) is 42.7 Å². The van der Waals surface area contributed by atoms with Gasteiger partial charge in [0.1, 0.15) is 18.1 Å². The molecule has 5 nitrogen and oxygen atoms in total. The third-order valence-electron chi connectivity index (χ3n) is 3.60. The number of rotatable bonds is 11. The van der Waals surface area contributed by atoms with Crippen molar-refractivity contribution in [2.45, 2.75) is 19.4 Å². The zero-order chi connectivity index (χ0) is 18.5. The number of nitrogens with two attached hydrogens (primary N) is 1. The van der Waals surface area contributed by atoms with Gasteiger partial charge in [0.15, 0.2) is 5.96 Å². The first-order valence-electron chi connectivity index (χ1n) is 8.82. The molecule has 0 aliphatic rings. The van der Waals surface area contributed by atoms with E-state index in [0.29, 0.717) is 32.3 Å². The molecule has 0 heterocycles. The summed E-state index contributed by atoms with van der Waals surface area (Å²) in [6.07, 6.45) is 3.59. The van der Waals surface area contributed by atoms with E-state index in [1.807, 2.05) is 54.6 Å². The largest absolute Gasteiger partial charge is 0.494 e. The maximum atomic E-state index is 5.76. The van der Waals surface area contributed by atoms with E-state index in [1.54, 1.807) is 6.08 Å². The van der Waals surface area contributed by atoms with Gasteiger partial charge in [-0.3, -0.25) is 4.99 Å². The summed E-state index contributed by atoms with van der Waals surface area (Å²) < 4.78 is 11.5. The first-order chi connectivity index (χ1) is 12.8. The molecule has 0 aromatic heterocycles. The lowest BCUT2D eigenvalue weighted by atomic mass is 10.2. The average molecular weight is 481 g/mol. The van der Waals surface area contributed by atoms with Crippen molar-refractivity contribution in [3.63, 3.8) is 0 Å². The lowest BCUT2D eigenvalue weighted by molar-refractivity contribution is 0.298. The SMILES string of the molecule is C=CCNC(N)=NCCCCOc1ccc(OCc2ccccc2)cc1.I. The second-order valence-electron chi connectivity index (χ2n) is 5.74. The molecule has 0 aliphatic carbocycles. The van der Waals surface area contributed by atoms with Crippen LogP contribution >= 0.6 is 24.0 Å². The molecular weight excluding hydrogens is 453 g/mol. The Balaban J connectivity index is 0.00000364. The van der Waals surface area contributed by atoms with Crippen molar-refractivity contribution in [2.75, 3.05) is 19.7 Å². The van der Waals surface area contributed by atoms with E-state index in [4.69, 9.17) is 15.2 Å². The number of hydrogen-bond donors (Lipinski definition) is 2. The fraction of sp³-hybridized carbons (Fsp3) is 0.286. The minimum Gasteiger partial charge on any atom is -0.494 e. The summed E-state index contributed by atoms with van der Waals surface area (Å²) in [4.78, 5) is 4.23. The number of nitrogens with one attached hydrogen (secondary N) is 1. The Kier molecular flexibility index (Phi) is 11.8. The fourth-order valence-corrected chi connectivity index (χ4v) is 2.21. The summed E-state index contributed by atoms with van der Waals surface area (Å²) >= 11 is 0. The monoisotopic (exact) mass is 481 g/mol. The van der Waals surface area contributed by atoms with Gasteiger partial charge in [0.2, 0.25) is 0 Å². The van der Waals surface area contributed by atoms with Crippen LogP contribution in [0.25, 0.3) is 0 Å². The second-order valence-corrected chi connectivity index (χ2v) is 5.74. The van der Waals surface area contributed by atoms with E-state index >= 15 is 0 Å². The first-order valence-corrected chi connectivity index (χ1v) is 8.82. The van der Waals surface area contributed by atoms with E-state index in [2.05, 4.69) is 16.9 Å². The Hall–Kier alpha value is -2.22. The van der Waals surface area contributed by atoms with Gasteiger partial charge in [0.25, 0.3) is 0 Å². The Bertz CT molecular complexity index is 676. The molecule has 0 fully saturated rings.